The van der Waals surface area contributed by atoms with E-state index >= 15 is 0 Å². The minimum absolute atomic E-state index is 0.564. The maximum absolute atomic E-state index is 10.3. The number of hydrogen-bond acceptors (Lipinski definition) is 6. The summed E-state index contributed by atoms with van der Waals surface area (Å²) in [6.45, 7) is 4.24. The molecule has 4 atom stereocenters. The summed E-state index contributed by atoms with van der Waals surface area (Å²) in [7, 11) is 0. The van der Waals surface area contributed by atoms with Gasteiger partial charge in [0.05, 0.1) is 0 Å². The molecular formula is C28H38O6. The van der Waals surface area contributed by atoms with Crippen LogP contribution in [0.15, 0.2) is 60.0 Å². The molecule has 0 unspecified atom stereocenters. The lowest BCUT2D eigenvalue weighted by Crippen LogP contribution is -2.45. The first kappa shape index (κ1) is 27.6. The van der Waals surface area contributed by atoms with Crippen molar-refractivity contribution in [1.29, 1.82) is 0 Å². The van der Waals surface area contributed by atoms with Gasteiger partial charge in [-0.2, -0.15) is 0 Å². The van der Waals surface area contributed by atoms with Crippen LogP contribution in [0.25, 0.3) is 12.2 Å². The predicted octanol–water partition coefficient (Wildman–Crippen LogP) is 4.31. The standard InChI is InChI=1S/C28H38O6/c1-3-5-7-19-9-13-21(14-10-19)17-23(29)25(31)27(33)28(34)26(32)24(30)18-22-15-11-20(12-16-22)8-6-4-2/h9-18,25-34H,3-8H2,1-2H3/t25-,26+,27-,28-/m1/s1. The van der Waals surface area contributed by atoms with E-state index in [2.05, 4.69) is 13.8 Å². The predicted molar refractivity (Wildman–Crippen MR) is 135 cm³/mol. The Balaban J connectivity index is 2.02. The second-order valence-corrected chi connectivity index (χ2v) is 8.70. The van der Waals surface area contributed by atoms with Gasteiger partial charge in [-0.3, -0.25) is 0 Å². The van der Waals surface area contributed by atoms with Gasteiger partial charge in [0.25, 0.3) is 0 Å². The first-order chi connectivity index (χ1) is 16.3. The van der Waals surface area contributed by atoms with Crippen LogP contribution in [0.5, 0.6) is 0 Å². The van der Waals surface area contributed by atoms with Gasteiger partial charge in [-0.05, 0) is 60.1 Å². The van der Waals surface area contributed by atoms with Crippen LogP contribution in [-0.4, -0.2) is 55.1 Å². The summed E-state index contributed by atoms with van der Waals surface area (Å²) in [5.74, 6) is -1.13. The summed E-state index contributed by atoms with van der Waals surface area (Å²) in [5.41, 5.74) is 3.55. The van der Waals surface area contributed by atoms with E-state index in [0.29, 0.717) is 11.1 Å². The van der Waals surface area contributed by atoms with Gasteiger partial charge in [0.2, 0.25) is 0 Å². The van der Waals surface area contributed by atoms with Crippen LogP contribution in [0.1, 0.15) is 61.8 Å². The molecule has 0 aliphatic rings. The summed E-state index contributed by atoms with van der Waals surface area (Å²) in [6.07, 6.45) is 1.27. The van der Waals surface area contributed by atoms with Crippen molar-refractivity contribution in [2.24, 2.45) is 0 Å². The molecule has 2 rings (SSSR count). The molecule has 0 bridgehead atoms. The van der Waals surface area contributed by atoms with Crippen molar-refractivity contribution in [3.63, 3.8) is 0 Å². The zero-order valence-electron chi connectivity index (χ0n) is 20.0. The van der Waals surface area contributed by atoms with Crippen molar-refractivity contribution in [2.45, 2.75) is 76.8 Å². The van der Waals surface area contributed by atoms with Crippen LogP contribution in [-0.2, 0) is 12.8 Å². The summed E-state index contributed by atoms with van der Waals surface area (Å²) >= 11 is 0. The van der Waals surface area contributed by atoms with Gasteiger partial charge in [0.1, 0.15) is 35.9 Å². The zero-order chi connectivity index (χ0) is 25.1. The Bertz CT molecular complexity index is 839. The molecule has 6 nitrogen and oxygen atoms in total. The quantitative estimate of drug-likeness (QED) is 0.243. The molecule has 0 aliphatic carbocycles. The Morgan fingerprint density at radius 3 is 1.24 bits per heavy atom. The molecule has 0 saturated heterocycles. The summed E-state index contributed by atoms with van der Waals surface area (Å²) in [6, 6.07) is 14.8. The lowest BCUT2D eigenvalue weighted by molar-refractivity contribution is -0.0996. The van der Waals surface area contributed by atoms with Crippen molar-refractivity contribution in [1.82, 2.24) is 0 Å². The Labute approximate surface area is 202 Å². The first-order valence-corrected chi connectivity index (χ1v) is 12.0. The fraction of sp³-hybridized carbons (Fsp3) is 0.429. The van der Waals surface area contributed by atoms with E-state index < -0.39 is 35.9 Å². The highest BCUT2D eigenvalue weighted by Gasteiger charge is 2.34. The van der Waals surface area contributed by atoms with E-state index in [4.69, 9.17) is 0 Å². The third kappa shape index (κ3) is 8.29. The summed E-state index contributed by atoms with van der Waals surface area (Å²) < 4.78 is 0. The van der Waals surface area contributed by atoms with Crippen molar-refractivity contribution >= 4 is 12.2 Å². The maximum Gasteiger partial charge on any atom is 0.139 e. The fourth-order valence-electron chi connectivity index (χ4n) is 3.56. The van der Waals surface area contributed by atoms with E-state index in [1.807, 2.05) is 24.3 Å². The van der Waals surface area contributed by atoms with Gasteiger partial charge in [0, 0.05) is 0 Å². The molecule has 0 aliphatic heterocycles. The van der Waals surface area contributed by atoms with Crippen LogP contribution in [0.3, 0.4) is 0 Å². The number of aryl methyl sites for hydroxylation is 2. The highest BCUT2D eigenvalue weighted by Crippen LogP contribution is 2.19. The molecular weight excluding hydrogens is 432 g/mol. The van der Waals surface area contributed by atoms with E-state index in [1.165, 1.54) is 12.2 Å². The summed E-state index contributed by atoms with van der Waals surface area (Å²) in [5, 5.41) is 61.6. The molecule has 6 heteroatoms. The van der Waals surface area contributed by atoms with Crippen molar-refractivity contribution in [2.75, 3.05) is 0 Å². The Morgan fingerprint density at radius 2 is 0.941 bits per heavy atom. The van der Waals surface area contributed by atoms with Gasteiger partial charge in [0.15, 0.2) is 0 Å². The molecule has 2 aromatic rings. The highest BCUT2D eigenvalue weighted by molar-refractivity contribution is 5.53. The van der Waals surface area contributed by atoms with Crippen molar-refractivity contribution in [3.05, 3.63) is 82.3 Å². The topological polar surface area (TPSA) is 121 Å². The lowest BCUT2D eigenvalue weighted by atomic mass is 9.98. The number of aliphatic hydroxyl groups is 6. The van der Waals surface area contributed by atoms with E-state index in [0.717, 1.165) is 49.7 Å². The molecule has 0 saturated carbocycles. The van der Waals surface area contributed by atoms with Crippen LogP contribution in [0.2, 0.25) is 0 Å². The monoisotopic (exact) mass is 470 g/mol. The molecule has 2 aromatic carbocycles. The van der Waals surface area contributed by atoms with E-state index in [1.54, 1.807) is 24.3 Å². The normalized spacial score (nSPS) is 16.2. The van der Waals surface area contributed by atoms with Crippen LogP contribution >= 0.6 is 0 Å². The molecule has 0 heterocycles. The Morgan fingerprint density at radius 1 is 0.618 bits per heavy atom. The molecule has 0 radical (unpaired) electrons. The minimum atomic E-state index is -1.93. The van der Waals surface area contributed by atoms with Crippen LogP contribution in [0, 0.1) is 0 Å². The fourth-order valence-corrected chi connectivity index (χ4v) is 3.56. The van der Waals surface area contributed by atoms with Crippen molar-refractivity contribution in [3.8, 4) is 0 Å². The van der Waals surface area contributed by atoms with E-state index in [-0.39, 0.29) is 0 Å². The molecule has 186 valence electrons. The maximum atomic E-state index is 10.3. The average Bonchev–Trinajstić information content (AvgIpc) is 2.85. The molecule has 0 spiro atoms. The Hall–Kier alpha value is -2.64. The van der Waals surface area contributed by atoms with Gasteiger partial charge in [-0.1, -0.05) is 75.2 Å². The largest absolute Gasteiger partial charge is 0.509 e. The SMILES string of the molecule is CCCCc1ccc(C=C(O)[C@@H](O)[C@@H](O)[C@H](O)[C@@H](O)C(O)=Cc2ccc(CCCC)cc2)cc1. The number of rotatable bonds is 13. The highest BCUT2D eigenvalue weighted by atomic mass is 16.4. The average molecular weight is 471 g/mol. The zero-order valence-corrected chi connectivity index (χ0v) is 20.0. The number of hydrogen-bond donors (Lipinski definition) is 6. The molecule has 0 fully saturated rings. The van der Waals surface area contributed by atoms with Crippen LogP contribution < -0.4 is 0 Å². The first-order valence-electron chi connectivity index (χ1n) is 12.0. The summed E-state index contributed by atoms with van der Waals surface area (Å²) in [4.78, 5) is 0. The van der Waals surface area contributed by atoms with Crippen LogP contribution in [0.4, 0.5) is 0 Å². The smallest absolute Gasteiger partial charge is 0.139 e. The van der Waals surface area contributed by atoms with E-state index in [9.17, 15) is 30.6 Å². The number of unbranched alkanes of at least 4 members (excludes halogenated alkanes) is 2. The number of aliphatic hydroxyl groups excluding tert-OH is 6. The lowest BCUT2D eigenvalue weighted by Gasteiger charge is -2.26. The molecule has 0 aromatic heterocycles. The van der Waals surface area contributed by atoms with Gasteiger partial charge in [-0.25, -0.2) is 0 Å². The third-order valence-electron chi connectivity index (χ3n) is 5.83. The minimum Gasteiger partial charge on any atom is -0.509 e. The number of benzene rings is 2. The van der Waals surface area contributed by atoms with Crippen molar-refractivity contribution < 1.29 is 30.6 Å². The third-order valence-corrected chi connectivity index (χ3v) is 5.83. The van der Waals surface area contributed by atoms with Gasteiger partial charge in [-0.15, -0.1) is 0 Å². The second kappa shape index (κ2) is 13.9. The molecule has 6 N–H and O–H groups in total. The Kier molecular flexibility index (Phi) is 11.3. The molecule has 34 heavy (non-hydrogen) atoms. The second-order valence-electron chi connectivity index (χ2n) is 8.70. The van der Waals surface area contributed by atoms with Gasteiger partial charge >= 0.3 is 0 Å². The van der Waals surface area contributed by atoms with Gasteiger partial charge < -0.3 is 30.6 Å². The molecule has 0 amide bonds.